The number of nitrogens with one attached hydrogen (secondary N) is 1. The minimum absolute atomic E-state index is 0.481. The van der Waals surface area contributed by atoms with Crippen molar-refractivity contribution in [1.82, 2.24) is 5.32 Å². The first kappa shape index (κ1) is 16.8. The van der Waals surface area contributed by atoms with E-state index in [2.05, 4.69) is 5.32 Å². The van der Waals surface area contributed by atoms with Gasteiger partial charge in [0.15, 0.2) is 0 Å². The molecule has 1 atom stereocenters. The summed E-state index contributed by atoms with van der Waals surface area (Å²) in [6, 6.07) is 5.41. The molecule has 0 spiro atoms. The molecule has 20 heavy (non-hydrogen) atoms. The topological polar surface area (TPSA) is 60.0 Å². The average Bonchev–Trinajstić information content (AvgIpc) is 2.49. The first-order chi connectivity index (χ1) is 9.72. The van der Waals surface area contributed by atoms with Crippen molar-refractivity contribution in [3.63, 3.8) is 0 Å². The zero-order valence-electron chi connectivity index (χ0n) is 12.5. The third kappa shape index (κ3) is 5.36. The van der Waals surface area contributed by atoms with Crippen LogP contribution < -0.4 is 14.8 Å². The molecule has 0 heterocycles. The van der Waals surface area contributed by atoms with Crippen LogP contribution in [0.1, 0.15) is 25.0 Å². The molecule has 0 bridgehead atoms. The van der Waals surface area contributed by atoms with Crippen molar-refractivity contribution < 1.29 is 19.3 Å². The number of hydrogen-bond donors (Lipinski definition) is 2. The molecule has 1 rings (SSSR count). The minimum atomic E-state index is -0.608. The van der Waals surface area contributed by atoms with Crippen molar-refractivity contribution in [3.8, 4) is 11.5 Å². The summed E-state index contributed by atoms with van der Waals surface area (Å²) >= 11 is 0. The molecule has 0 aliphatic heterocycles. The standard InChI is InChI=1S/C15H25NO4/c1-4-20-9-5-8-16-11-14(17)13-7-6-12(18-2)10-15(13)19-3/h6-7,10,14,16-17H,4-5,8-9,11H2,1-3H3. The van der Waals surface area contributed by atoms with Crippen LogP contribution in [0.3, 0.4) is 0 Å². The second-order valence-electron chi connectivity index (χ2n) is 4.38. The van der Waals surface area contributed by atoms with Crippen LogP contribution in [0.25, 0.3) is 0 Å². The molecule has 114 valence electrons. The Balaban J connectivity index is 2.44. The predicted molar refractivity (Wildman–Crippen MR) is 78.5 cm³/mol. The summed E-state index contributed by atoms with van der Waals surface area (Å²) < 4.78 is 15.7. The van der Waals surface area contributed by atoms with E-state index in [4.69, 9.17) is 14.2 Å². The van der Waals surface area contributed by atoms with Crippen LogP contribution in [0.5, 0.6) is 11.5 Å². The molecule has 5 nitrogen and oxygen atoms in total. The third-order valence-electron chi connectivity index (χ3n) is 2.98. The van der Waals surface area contributed by atoms with E-state index in [1.165, 1.54) is 0 Å². The highest BCUT2D eigenvalue weighted by Crippen LogP contribution is 2.29. The molecule has 0 saturated heterocycles. The summed E-state index contributed by atoms with van der Waals surface area (Å²) in [6.07, 6.45) is 0.322. The fraction of sp³-hybridized carbons (Fsp3) is 0.600. The lowest BCUT2D eigenvalue weighted by Gasteiger charge is -2.16. The fourth-order valence-corrected chi connectivity index (χ4v) is 1.89. The van der Waals surface area contributed by atoms with Crippen LogP contribution in [-0.4, -0.2) is 45.6 Å². The SMILES string of the molecule is CCOCCCNCC(O)c1ccc(OC)cc1OC. The lowest BCUT2D eigenvalue weighted by molar-refractivity contribution is 0.140. The average molecular weight is 283 g/mol. The van der Waals surface area contributed by atoms with Crippen molar-refractivity contribution >= 4 is 0 Å². The number of aliphatic hydroxyl groups is 1. The number of benzene rings is 1. The quantitative estimate of drug-likeness (QED) is 0.641. The molecule has 1 unspecified atom stereocenters. The Kier molecular flexibility index (Phi) is 8.02. The van der Waals surface area contributed by atoms with Gasteiger partial charge < -0.3 is 24.6 Å². The Morgan fingerprint density at radius 2 is 2.05 bits per heavy atom. The number of rotatable bonds is 10. The van der Waals surface area contributed by atoms with Crippen LogP contribution in [0.15, 0.2) is 18.2 Å². The predicted octanol–water partition coefficient (Wildman–Crippen LogP) is 1.75. The van der Waals surface area contributed by atoms with E-state index in [0.29, 0.717) is 18.0 Å². The zero-order valence-corrected chi connectivity index (χ0v) is 12.5. The molecule has 1 aromatic carbocycles. The van der Waals surface area contributed by atoms with Crippen molar-refractivity contribution in [2.45, 2.75) is 19.4 Å². The molecule has 0 aromatic heterocycles. The van der Waals surface area contributed by atoms with E-state index in [1.54, 1.807) is 20.3 Å². The second-order valence-corrected chi connectivity index (χ2v) is 4.38. The van der Waals surface area contributed by atoms with Gasteiger partial charge in [-0.25, -0.2) is 0 Å². The number of hydrogen-bond acceptors (Lipinski definition) is 5. The van der Waals surface area contributed by atoms with Crippen LogP contribution in [0.2, 0.25) is 0 Å². The smallest absolute Gasteiger partial charge is 0.128 e. The molecule has 0 fully saturated rings. The molecule has 1 aromatic rings. The summed E-state index contributed by atoms with van der Waals surface area (Å²) in [7, 11) is 3.19. The van der Waals surface area contributed by atoms with Gasteiger partial charge in [0, 0.05) is 31.4 Å². The molecular formula is C15H25NO4. The maximum absolute atomic E-state index is 10.2. The highest BCUT2D eigenvalue weighted by atomic mass is 16.5. The van der Waals surface area contributed by atoms with Crippen molar-refractivity contribution in [1.29, 1.82) is 0 Å². The molecular weight excluding hydrogens is 258 g/mol. The molecule has 0 saturated carbocycles. The lowest BCUT2D eigenvalue weighted by atomic mass is 10.1. The monoisotopic (exact) mass is 283 g/mol. The maximum atomic E-state index is 10.2. The van der Waals surface area contributed by atoms with E-state index >= 15 is 0 Å². The first-order valence-corrected chi connectivity index (χ1v) is 6.91. The molecule has 5 heteroatoms. The van der Waals surface area contributed by atoms with Gasteiger partial charge in [0.1, 0.15) is 11.5 Å². The molecule has 0 radical (unpaired) electrons. The zero-order chi connectivity index (χ0) is 14.8. The summed E-state index contributed by atoms with van der Waals surface area (Å²) in [5.41, 5.74) is 0.755. The van der Waals surface area contributed by atoms with E-state index < -0.39 is 6.10 Å². The van der Waals surface area contributed by atoms with Crippen LogP contribution in [0.4, 0.5) is 0 Å². The van der Waals surface area contributed by atoms with Crippen LogP contribution >= 0.6 is 0 Å². The minimum Gasteiger partial charge on any atom is -0.497 e. The van der Waals surface area contributed by atoms with Gasteiger partial charge in [-0.2, -0.15) is 0 Å². The van der Waals surface area contributed by atoms with Gasteiger partial charge in [-0.05, 0) is 32.0 Å². The van der Waals surface area contributed by atoms with Crippen LogP contribution in [-0.2, 0) is 4.74 Å². The number of aliphatic hydroxyl groups excluding tert-OH is 1. The van der Waals surface area contributed by atoms with Gasteiger partial charge in [-0.3, -0.25) is 0 Å². The van der Waals surface area contributed by atoms with E-state index in [-0.39, 0.29) is 0 Å². The molecule has 0 amide bonds. The van der Waals surface area contributed by atoms with E-state index in [9.17, 15) is 5.11 Å². The molecule has 2 N–H and O–H groups in total. The van der Waals surface area contributed by atoms with Crippen LogP contribution in [0, 0.1) is 0 Å². The first-order valence-electron chi connectivity index (χ1n) is 6.91. The number of ether oxygens (including phenoxy) is 3. The maximum Gasteiger partial charge on any atom is 0.128 e. The normalized spacial score (nSPS) is 12.2. The molecule has 0 aliphatic carbocycles. The third-order valence-corrected chi connectivity index (χ3v) is 2.98. The Bertz CT molecular complexity index is 384. The summed E-state index contributed by atoms with van der Waals surface area (Å²) in [6.45, 7) is 4.76. The van der Waals surface area contributed by atoms with Crippen molar-refractivity contribution in [2.75, 3.05) is 40.5 Å². The van der Waals surface area contributed by atoms with Crippen molar-refractivity contribution in [2.24, 2.45) is 0 Å². The highest BCUT2D eigenvalue weighted by molar-refractivity contribution is 5.42. The van der Waals surface area contributed by atoms with Gasteiger partial charge >= 0.3 is 0 Å². The lowest BCUT2D eigenvalue weighted by Crippen LogP contribution is -2.23. The second kappa shape index (κ2) is 9.58. The summed E-state index contributed by atoms with van der Waals surface area (Å²) in [4.78, 5) is 0. The van der Waals surface area contributed by atoms with Gasteiger partial charge in [0.25, 0.3) is 0 Å². The largest absolute Gasteiger partial charge is 0.497 e. The van der Waals surface area contributed by atoms with Gasteiger partial charge in [-0.1, -0.05) is 0 Å². The van der Waals surface area contributed by atoms with Gasteiger partial charge in [0.05, 0.1) is 20.3 Å². The van der Waals surface area contributed by atoms with Crippen molar-refractivity contribution in [3.05, 3.63) is 23.8 Å². The Morgan fingerprint density at radius 1 is 1.25 bits per heavy atom. The summed E-state index contributed by atoms with van der Waals surface area (Å²) in [5.74, 6) is 1.34. The fourth-order valence-electron chi connectivity index (χ4n) is 1.89. The Labute approximate surface area is 120 Å². The summed E-state index contributed by atoms with van der Waals surface area (Å²) in [5, 5.41) is 13.4. The van der Waals surface area contributed by atoms with E-state index in [1.807, 2.05) is 19.1 Å². The Hall–Kier alpha value is -1.30. The Morgan fingerprint density at radius 3 is 2.70 bits per heavy atom. The number of methoxy groups -OCH3 is 2. The molecule has 0 aliphatic rings. The van der Waals surface area contributed by atoms with Gasteiger partial charge in [-0.15, -0.1) is 0 Å². The van der Waals surface area contributed by atoms with Gasteiger partial charge in [0.2, 0.25) is 0 Å². The highest BCUT2D eigenvalue weighted by Gasteiger charge is 2.13. The van der Waals surface area contributed by atoms with E-state index in [0.717, 1.165) is 31.7 Å².